The largest absolute Gasteiger partial charge is 0.490 e. The second-order valence-corrected chi connectivity index (χ2v) is 8.83. The molecule has 1 aliphatic rings. The number of alkyl halides is 3. The van der Waals surface area contributed by atoms with Crippen molar-refractivity contribution in [1.82, 2.24) is 9.97 Å². The zero-order chi connectivity index (χ0) is 26.6. The van der Waals surface area contributed by atoms with Crippen molar-refractivity contribution in [3.63, 3.8) is 0 Å². The fourth-order valence-corrected chi connectivity index (χ4v) is 4.15. The highest BCUT2D eigenvalue weighted by atomic mass is 19.4. The summed E-state index contributed by atoms with van der Waals surface area (Å²) < 4.78 is 67.4. The van der Waals surface area contributed by atoms with Crippen LogP contribution < -0.4 is 15.2 Å². The highest BCUT2D eigenvalue weighted by molar-refractivity contribution is 5.73. The highest BCUT2D eigenvalue weighted by Gasteiger charge is 2.45. The van der Waals surface area contributed by atoms with Gasteiger partial charge >= 0.3 is 12.1 Å². The molecule has 1 aromatic heterocycles. The van der Waals surface area contributed by atoms with Crippen molar-refractivity contribution in [2.75, 3.05) is 0 Å². The first-order valence-electron chi connectivity index (χ1n) is 11.7. The average molecular weight is 519 g/mol. The lowest BCUT2D eigenvalue weighted by molar-refractivity contribution is -0.199. The lowest BCUT2D eigenvalue weighted by Crippen LogP contribution is -2.32. The molecular formula is C26H25F4N3O4. The number of hydrogen-bond donors (Lipinski definition) is 2. The van der Waals surface area contributed by atoms with Crippen molar-refractivity contribution in [1.29, 1.82) is 0 Å². The van der Waals surface area contributed by atoms with Gasteiger partial charge < -0.3 is 20.3 Å². The van der Waals surface area contributed by atoms with Crippen LogP contribution in [-0.4, -0.2) is 39.4 Å². The molecule has 0 aliphatic heterocycles. The molecule has 1 fully saturated rings. The Kier molecular flexibility index (Phi) is 7.91. The van der Waals surface area contributed by atoms with E-state index in [0.717, 1.165) is 37.4 Å². The molecule has 2 unspecified atom stereocenters. The van der Waals surface area contributed by atoms with E-state index in [1.54, 1.807) is 24.3 Å². The number of hydrogen-bond acceptors (Lipinski definition) is 6. The van der Waals surface area contributed by atoms with E-state index in [9.17, 15) is 22.4 Å². The second-order valence-electron chi connectivity index (χ2n) is 8.83. The van der Waals surface area contributed by atoms with Gasteiger partial charge in [-0.05, 0) is 49.8 Å². The van der Waals surface area contributed by atoms with Crippen molar-refractivity contribution < 1.29 is 36.9 Å². The molecule has 0 saturated heterocycles. The number of aliphatic carboxylic acids is 1. The number of aromatic nitrogens is 2. The average Bonchev–Trinajstić information content (AvgIpc) is 3.36. The van der Waals surface area contributed by atoms with Gasteiger partial charge in [-0.1, -0.05) is 24.3 Å². The molecule has 7 nitrogen and oxygen atoms in total. The van der Waals surface area contributed by atoms with Gasteiger partial charge in [-0.25, -0.2) is 14.4 Å². The lowest BCUT2D eigenvalue weighted by Gasteiger charge is -2.25. The van der Waals surface area contributed by atoms with E-state index in [0.29, 0.717) is 29.7 Å². The van der Waals surface area contributed by atoms with Gasteiger partial charge in [-0.2, -0.15) is 13.2 Å². The molecule has 0 spiro atoms. The molecular weight excluding hydrogens is 494 g/mol. The number of nitrogens with zero attached hydrogens (tertiary/aromatic N) is 2. The van der Waals surface area contributed by atoms with Crippen LogP contribution in [0.15, 0.2) is 54.9 Å². The maximum atomic E-state index is 14.1. The van der Waals surface area contributed by atoms with E-state index < -0.39 is 30.1 Å². The Hall–Kier alpha value is -3.73. The van der Waals surface area contributed by atoms with Gasteiger partial charge in [0.15, 0.2) is 0 Å². The van der Waals surface area contributed by atoms with Gasteiger partial charge in [0.1, 0.15) is 23.9 Å². The molecule has 11 heteroatoms. The van der Waals surface area contributed by atoms with E-state index in [-0.39, 0.29) is 29.7 Å². The molecule has 1 heterocycles. The van der Waals surface area contributed by atoms with Crippen molar-refractivity contribution in [3.8, 4) is 22.9 Å². The summed E-state index contributed by atoms with van der Waals surface area (Å²) in [6.45, 7) is 0. The normalized spacial score (nSPS) is 15.8. The van der Waals surface area contributed by atoms with Gasteiger partial charge in [-0.15, -0.1) is 0 Å². The number of rotatable bonds is 9. The SMILES string of the molecule is NC(Cc1ccc(-c2cc(OC(c3ccc(F)cc3OC3CCCC3)C(F)(F)F)ncn2)cc1)C(=O)O. The van der Waals surface area contributed by atoms with Crippen LogP contribution in [0.4, 0.5) is 17.6 Å². The Morgan fingerprint density at radius 3 is 2.43 bits per heavy atom. The third-order valence-electron chi connectivity index (χ3n) is 6.05. The predicted octanol–water partition coefficient (Wildman–Crippen LogP) is 5.24. The topological polar surface area (TPSA) is 108 Å². The van der Waals surface area contributed by atoms with Crippen LogP contribution in [0, 0.1) is 5.82 Å². The van der Waals surface area contributed by atoms with Crippen LogP contribution >= 0.6 is 0 Å². The van der Waals surface area contributed by atoms with Gasteiger partial charge in [0.2, 0.25) is 12.0 Å². The number of halogens is 4. The Morgan fingerprint density at radius 2 is 1.78 bits per heavy atom. The molecule has 196 valence electrons. The van der Waals surface area contributed by atoms with Crippen molar-refractivity contribution in [3.05, 3.63) is 71.8 Å². The smallest absolute Gasteiger partial charge is 0.429 e. The molecule has 3 aromatic rings. The maximum absolute atomic E-state index is 14.1. The molecule has 2 atom stereocenters. The number of ether oxygens (including phenoxy) is 2. The Morgan fingerprint density at radius 1 is 1.08 bits per heavy atom. The number of carbonyl (C=O) groups is 1. The Labute approximate surface area is 210 Å². The number of nitrogens with two attached hydrogens (primary N) is 1. The summed E-state index contributed by atoms with van der Waals surface area (Å²) in [6, 6.07) is 9.70. The van der Waals surface area contributed by atoms with E-state index >= 15 is 0 Å². The summed E-state index contributed by atoms with van der Waals surface area (Å²) in [6.07, 6.45) is -3.23. The van der Waals surface area contributed by atoms with Crippen LogP contribution in [0.25, 0.3) is 11.3 Å². The summed E-state index contributed by atoms with van der Waals surface area (Å²) in [7, 11) is 0. The van der Waals surface area contributed by atoms with E-state index in [1.807, 2.05) is 0 Å². The van der Waals surface area contributed by atoms with Crippen LogP contribution in [0.5, 0.6) is 11.6 Å². The summed E-state index contributed by atoms with van der Waals surface area (Å²) in [5, 5.41) is 8.96. The monoisotopic (exact) mass is 519 g/mol. The van der Waals surface area contributed by atoms with Crippen molar-refractivity contribution >= 4 is 5.97 Å². The van der Waals surface area contributed by atoms with Crippen LogP contribution in [0.1, 0.15) is 42.9 Å². The second kappa shape index (κ2) is 11.1. The molecule has 3 N–H and O–H groups in total. The molecule has 0 radical (unpaired) electrons. The first kappa shape index (κ1) is 26.3. The third-order valence-corrected chi connectivity index (χ3v) is 6.05. The predicted molar refractivity (Wildman–Crippen MR) is 125 cm³/mol. The van der Waals surface area contributed by atoms with Crippen molar-refractivity contribution in [2.45, 2.75) is 56.5 Å². The minimum absolute atomic E-state index is 0.115. The standard InChI is InChI=1S/C26H25F4N3O4/c27-17-9-10-19(22(12-17)36-18-3-1-2-4-18)24(26(28,29)30)37-23-13-21(32-14-33-23)16-7-5-15(6-8-16)11-20(31)25(34)35/h5-10,12-14,18,20,24H,1-4,11,31H2,(H,34,35). The molecule has 1 saturated carbocycles. The van der Waals surface area contributed by atoms with Crippen molar-refractivity contribution in [2.24, 2.45) is 5.73 Å². The fraction of sp³-hybridized carbons (Fsp3) is 0.346. The Balaban J connectivity index is 1.58. The van der Waals surface area contributed by atoms with Gasteiger partial charge in [0, 0.05) is 23.3 Å². The lowest BCUT2D eigenvalue weighted by atomic mass is 10.0. The van der Waals surface area contributed by atoms with E-state index in [2.05, 4.69) is 9.97 Å². The maximum Gasteiger partial charge on any atom is 0.429 e. The number of carboxylic acid groups (broad SMARTS) is 1. The summed E-state index contributed by atoms with van der Waals surface area (Å²) in [5.74, 6) is -2.38. The van der Waals surface area contributed by atoms with Crippen LogP contribution in [-0.2, 0) is 11.2 Å². The van der Waals surface area contributed by atoms with Gasteiger partial charge in [0.25, 0.3) is 0 Å². The van der Waals surface area contributed by atoms with Gasteiger partial charge in [0.05, 0.1) is 11.8 Å². The first-order valence-corrected chi connectivity index (χ1v) is 11.7. The molecule has 37 heavy (non-hydrogen) atoms. The first-order chi connectivity index (χ1) is 17.6. The van der Waals surface area contributed by atoms with E-state index in [4.69, 9.17) is 20.3 Å². The van der Waals surface area contributed by atoms with Gasteiger partial charge in [-0.3, -0.25) is 4.79 Å². The quantitative estimate of drug-likeness (QED) is 0.372. The number of carboxylic acids is 1. The summed E-state index contributed by atoms with van der Waals surface area (Å²) in [4.78, 5) is 18.9. The molecule has 1 aliphatic carbocycles. The summed E-state index contributed by atoms with van der Waals surface area (Å²) >= 11 is 0. The van der Waals surface area contributed by atoms with E-state index in [1.165, 1.54) is 6.07 Å². The molecule has 0 amide bonds. The molecule has 2 aromatic carbocycles. The zero-order valence-corrected chi connectivity index (χ0v) is 19.6. The molecule has 4 rings (SSSR count). The molecule has 0 bridgehead atoms. The Bertz CT molecular complexity index is 1230. The summed E-state index contributed by atoms with van der Waals surface area (Å²) in [5.41, 5.74) is 6.72. The number of benzene rings is 2. The minimum atomic E-state index is -4.85. The fourth-order valence-electron chi connectivity index (χ4n) is 4.15. The third kappa shape index (κ3) is 6.73. The highest BCUT2D eigenvalue weighted by Crippen LogP contribution is 2.41. The van der Waals surface area contributed by atoms with Crippen LogP contribution in [0.2, 0.25) is 0 Å². The zero-order valence-electron chi connectivity index (χ0n) is 19.6. The minimum Gasteiger partial charge on any atom is -0.490 e. The van der Waals surface area contributed by atoms with Crippen LogP contribution in [0.3, 0.4) is 0 Å².